The van der Waals surface area contributed by atoms with Crippen molar-refractivity contribution in [2.75, 3.05) is 5.32 Å². The largest absolute Gasteiger partial charge is 0.478 e. The average molecular weight is 405 g/mol. The molecule has 0 saturated heterocycles. The topological polar surface area (TPSA) is 78.4 Å². The van der Waals surface area contributed by atoms with E-state index in [1.54, 1.807) is 42.5 Å². The Kier molecular flexibility index (Phi) is 6.22. The van der Waals surface area contributed by atoms with Crippen molar-refractivity contribution < 1.29 is 14.7 Å². The molecule has 1 amide bonds. The number of aliphatic carboxylic acids is 1. The first-order chi connectivity index (χ1) is 11.5. The Morgan fingerprint density at radius 2 is 1.83 bits per heavy atom. The summed E-state index contributed by atoms with van der Waals surface area (Å²) in [7, 11) is 0. The fourth-order valence-electron chi connectivity index (χ4n) is 1.83. The Morgan fingerprint density at radius 1 is 1.12 bits per heavy atom. The van der Waals surface area contributed by atoms with E-state index in [0.29, 0.717) is 16.8 Å². The second-order valence-electron chi connectivity index (χ2n) is 4.69. The lowest BCUT2D eigenvalue weighted by Crippen LogP contribution is -2.34. The Bertz CT molecular complexity index is 807. The second kappa shape index (κ2) is 8.37. The van der Waals surface area contributed by atoms with Crippen LogP contribution < -0.4 is 10.6 Å². The molecule has 2 rings (SSSR count). The van der Waals surface area contributed by atoms with Crippen LogP contribution in [0.1, 0.15) is 15.9 Å². The lowest BCUT2D eigenvalue weighted by atomic mass is 10.2. The predicted octanol–water partition coefficient (Wildman–Crippen LogP) is 3.67. The van der Waals surface area contributed by atoms with Crippen LogP contribution >= 0.6 is 28.1 Å². The molecule has 0 bridgehead atoms. The monoisotopic (exact) mass is 404 g/mol. The van der Waals surface area contributed by atoms with Gasteiger partial charge >= 0.3 is 5.97 Å². The van der Waals surface area contributed by atoms with Crippen molar-refractivity contribution in [1.82, 2.24) is 5.32 Å². The molecule has 0 saturated carbocycles. The summed E-state index contributed by atoms with van der Waals surface area (Å²) < 4.78 is 0.728. The molecule has 5 nitrogen and oxygen atoms in total. The van der Waals surface area contributed by atoms with Crippen LogP contribution in [0.4, 0.5) is 5.69 Å². The van der Waals surface area contributed by atoms with Crippen molar-refractivity contribution in [2.24, 2.45) is 0 Å². The van der Waals surface area contributed by atoms with Crippen LogP contribution in [0.25, 0.3) is 6.08 Å². The van der Waals surface area contributed by atoms with Gasteiger partial charge in [-0.25, -0.2) is 4.79 Å². The molecule has 2 aromatic rings. The van der Waals surface area contributed by atoms with Crippen molar-refractivity contribution >= 4 is 56.9 Å². The molecule has 0 fully saturated rings. The molecule has 0 aliphatic rings. The number of rotatable bonds is 4. The first-order valence-corrected chi connectivity index (χ1v) is 8.04. The van der Waals surface area contributed by atoms with Gasteiger partial charge in [-0.1, -0.05) is 24.3 Å². The number of amides is 1. The highest BCUT2D eigenvalue weighted by molar-refractivity contribution is 9.10. The third kappa shape index (κ3) is 5.29. The molecule has 3 N–H and O–H groups in total. The van der Waals surface area contributed by atoms with Gasteiger partial charge in [-0.05, 0) is 64.1 Å². The summed E-state index contributed by atoms with van der Waals surface area (Å²) in [5.41, 5.74) is 1.79. The first-order valence-electron chi connectivity index (χ1n) is 6.83. The smallest absolute Gasteiger partial charge is 0.328 e. The maximum atomic E-state index is 12.0. The van der Waals surface area contributed by atoms with Crippen LogP contribution in [0.15, 0.2) is 59.1 Å². The molecule has 0 aliphatic carbocycles. The molecule has 24 heavy (non-hydrogen) atoms. The molecule has 0 atom stereocenters. The number of carbonyl (C=O) groups excluding carboxylic acids is 1. The Hall–Kier alpha value is -2.51. The van der Waals surface area contributed by atoms with Crippen LogP contribution in [0, 0.1) is 0 Å². The predicted molar refractivity (Wildman–Crippen MR) is 101 cm³/mol. The summed E-state index contributed by atoms with van der Waals surface area (Å²) in [6.07, 6.45) is 2.51. The highest BCUT2D eigenvalue weighted by atomic mass is 79.9. The zero-order valence-corrected chi connectivity index (χ0v) is 14.7. The van der Waals surface area contributed by atoms with E-state index in [4.69, 9.17) is 17.3 Å². The van der Waals surface area contributed by atoms with Crippen LogP contribution in [0.3, 0.4) is 0 Å². The summed E-state index contributed by atoms with van der Waals surface area (Å²) in [5.74, 6) is -1.34. The summed E-state index contributed by atoms with van der Waals surface area (Å²) in [4.78, 5) is 22.6. The molecule has 0 aromatic heterocycles. The molecule has 0 aliphatic heterocycles. The van der Waals surface area contributed by atoms with Crippen molar-refractivity contribution in [3.05, 3.63) is 70.2 Å². The van der Waals surface area contributed by atoms with Gasteiger partial charge in [0.25, 0.3) is 5.91 Å². The number of thiocarbonyl (C=S) groups is 1. The number of benzene rings is 2. The highest BCUT2D eigenvalue weighted by Gasteiger charge is 2.09. The van der Waals surface area contributed by atoms with Gasteiger partial charge in [0.1, 0.15) is 0 Å². The summed E-state index contributed by atoms with van der Waals surface area (Å²) in [6.45, 7) is 0. The standard InChI is InChI=1S/C17H13BrN2O3S/c18-13-8-6-11(7-9-15(21)22)10-14(13)19-17(24)20-16(23)12-4-2-1-3-5-12/h1-10H,(H,21,22)(H2,19,20,23,24)/b9-7+. The molecule has 122 valence electrons. The van der Waals surface area contributed by atoms with Crippen molar-refractivity contribution in [3.63, 3.8) is 0 Å². The lowest BCUT2D eigenvalue weighted by molar-refractivity contribution is -0.131. The molecular weight excluding hydrogens is 392 g/mol. The fourth-order valence-corrected chi connectivity index (χ4v) is 2.38. The van der Waals surface area contributed by atoms with E-state index in [1.165, 1.54) is 6.08 Å². The van der Waals surface area contributed by atoms with Crippen LogP contribution in [0.5, 0.6) is 0 Å². The number of anilines is 1. The number of halogens is 1. The Balaban J connectivity index is 2.07. The summed E-state index contributed by atoms with van der Waals surface area (Å²) in [5, 5.41) is 14.3. The molecule has 7 heteroatoms. The third-order valence-electron chi connectivity index (χ3n) is 2.92. The average Bonchev–Trinajstić information content (AvgIpc) is 2.56. The minimum atomic E-state index is -1.03. The van der Waals surface area contributed by atoms with E-state index in [1.807, 2.05) is 6.07 Å². The number of carbonyl (C=O) groups is 2. The van der Waals surface area contributed by atoms with Crippen LogP contribution in [-0.4, -0.2) is 22.1 Å². The Morgan fingerprint density at radius 3 is 2.50 bits per heavy atom. The second-order valence-corrected chi connectivity index (χ2v) is 5.95. The molecule has 0 spiro atoms. The molecule has 0 radical (unpaired) electrons. The third-order valence-corrected chi connectivity index (χ3v) is 3.82. The van der Waals surface area contributed by atoms with Gasteiger partial charge in [-0.15, -0.1) is 0 Å². The summed E-state index contributed by atoms with van der Waals surface area (Å²) >= 11 is 8.52. The van der Waals surface area contributed by atoms with Gasteiger partial charge in [0.2, 0.25) is 0 Å². The number of hydrogen-bond acceptors (Lipinski definition) is 3. The number of nitrogens with one attached hydrogen (secondary N) is 2. The Labute approximate surface area is 152 Å². The fraction of sp³-hybridized carbons (Fsp3) is 0. The SMILES string of the molecule is O=C(O)/C=C/c1ccc(Br)c(NC(=S)NC(=O)c2ccccc2)c1. The van der Waals surface area contributed by atoms with Gasteiger partial charge < -0.3 is 10.4 Å². The van der Waals surface area contributed by atoms with E-state index >= 15 is 0 Å². The van der Waals surface area contributed by atoms with E-state index in [9.17, 15) is 9.59 Å². The van der Waals surface area contributed by atoms with Gasteiger partial charge in [0.05, 0.1) is 5.69 Å². The van der Waals surface area contributed by atoms with Gasteiger partial charge in [0, 0.05) is 16.1 Å². The lowest BCUT2D eigenvalue weighted by Gasteiger charge is -2.11. The number of carboxylic acids is 1. The van der Waals surface area contributed by atoms with Crippen LogP contribution in [-0.2, 0) is 4.79 Å². The maximum Gasteiger partial charge on any atom is 0.328 e. The first kappa shape index (κ1) is 17.8. The normalized spacial score (nSPS) is 10.4. The molecule has 0 unspecified atom stereocenters. The minimum absolute atomic E-state index is 0.143. The van der Waals surface area contributed by atoms with Crippen molar-refractivity contribution in [2.45, 2.75) is 0 Å². The highest BCUT2D eigenvalue weighted by Crippen LogP contribution is 2.24. The van der Waals surface area contributed by atoms with Gasteiger partial charge in [-0.3, -0.25) is 10.1 Å². The van der Waals surface area contributed by atoms with Crippen molar-refractivity contribution in [1.29, 1.82) is 0 Å². The zero-order valence-electron chi connectivity index (χ0n) is 12.3. The molecule has 2 aromatic carbocycles. The maximum absolute atomic E-state index is 12.0. The number of carboxylic acid groups (broad SMARTS) is 1. The van der Waals surface area contributed by atoms with Gasteiger partial charge in [-0.2, -0.15) is 0 Å². The zero-order chi connectivity index (χ0) is 17.5. The van der Waals surface area contributed by atoms with Crippen LogP contribution in [0.2, 0.25) is 0 Å². The minimum Gasteiger partial charge on any atom is -0.478 e. The van der Waals surface area contributed by atoms with E-state index in [2.05, 4.69) is 26.6 Å². The van der Waals surface area contributed by atoms with E-state index in [-0.39, 0.29) is 11.0 Å². The molecule has 0 heterocycles. The molecular formula is C17H13BrN2O3S. The summed E-state index contributed by atoms with van der Waals surface area (Å²) in [6, 6.07) is 13.9. The van der Waals surface area contributed by atoms with Crippen molar-refractivity contribution in [3.8, 4) is 0 Å². The van der Waals surface area contributed by atoms with E-state index < -0.39 is 5.97 Å². The van der Waals surface area contributed by atoms with E-state index in [0.717, 1.165) is 10.5 Å². The number of hydrogen-bond donors (Lipinski definition) is 3. The van der Waals surface area contributed by atoms with Gasteiger partial charge in [0.15, 0.2) is 5.11 Å². The quantitative estimate of drug-likeness (QED) is 0.535.